The number of likely N-dealkylation sites (N-methyl/N-ethyl adjacent to an activating group) is 1. The Morgan fingerprint density at radius 3 is 2.59 bits per heavy atom. The maximum Gasteiger partial charge on any atom is 0.254 e. The lowest BCUT2D eigenvalue weighted by Crippen LogP contribution is -2.42. The maximum atomic E-state index is 12.7. The Bertz CT molecular complexity index is 639. The van der Waals surface area contributed by atoms with Crippen LogP contribution in [0.4, 0.5) is 0 Å². The molecule has 22 heavy (non-hydrogen) atoms. The van der Waals surface area contributed by atoms with Crippen LogP contribution in [0.25, 0.3) is 0 Å². The second-order valence-electron chi connectivity index (χ2n) is 5.76. The first kappa shape index (κ1) is 14.8. The minimum absolute atomic E-state index is 0.146. The molecular weight excluding hydrogens is 272 g/mol. The van der Waals surface area contributed by atoms with Crippen molar-refractivity contribution in [2.24, 2.45) is 0 Å². The normalized spacial score (nSPS) is 17.4. The fourth-order valence-electron chi connectivity index (χ4n) is 3.10. The summed E-state index contributed by atoms with van der Waals surface area (Å²) in [5.41, 5.74) is 3.21. The van der Waals surface area contributed by atoms with Gasteiger partial charge in [0, 0.05) is 31.1 Å². The third-order valence-electron chi connectivity index (χ3n) is 4.22. The third-order valence-corrected chi connectivity index (χ3v) is 4.22. The highest BCUT2D eigenvalue weighted by Crippen LogP contribution is 2.28. The molecule has 0 saturated carbocycles. The van der Waals surface area contributed by atoms with Crippen molar-refractivity contribution in [3.05, 3.63) is 71.3 Å². The van der Waals surface area contributed by atoms with Gasteiger partial charge in [-0.15, -0.1) is 0 Å². The molecule has 1 aliphatic rings. The van der Waals surface area contributed by atoms with Crippen LogP contribution >= 0.6 is 0 Å². The predicted octanol–water partition coefficient (Wildman–Crippen LogP) is 3.04. The van der Waals surface area contributed by atoms with Crippen LogP contribution in [0.15, 0.2) is 54.6 Å². The Kier molecular flexibility index (Phi) is 4.54. The smallest absolute Gasteiger partial charge is 0.254 e. The highest BCUT2D eigenvalue weighted by molar-refractivity contribution is 5.97. The van der Waals surface area contributed by atoms with Gasteiger partial charge < -0.3 is 10.2 Å². The average Bonchev–Trinajstić information content (AvgIpc) is 2.57. The molecule has 1 unspecified atom stereocenters. The Morgan fingerprint density at radius 1 is 1.09 bits per heavy atom. The number of hydrogen-bond acceptors (Lipinski definition) is 2. The van der Waals surface area contributed by atoms with Crippen LogP contribution in [0, 0.1) is 0 Å². The number of hydrogen-bond donors (Lipinski definition) is 1. The van der Waals surface area contributed by atoms with Gasteiger partial charge in [0.05, 0.1) is 0 Å². The number of carbonyl (C=O) groups is 1. The molecule has 3 rings (SSSR count). The molecule has 2 aromatic carbocycles. The molecule has 3 heteroatoms. The molecule has 2 aromatic rings. The van der Waals surface area contributed by atoms with E-state index in [9.17, 15) is 4.79 Å². The van der Waals surface area contributed by atoms with Crippen molar-refractivity contribution in [1.29, 1.82) is 0 Å². The van der Waals surface area contributed by atoms with Crippen molar-refractivity contribution in [1.82, 2.24) is 10.2 Å². The highest BCUT2D eigenvalue weighted by atomic mass is 16.2. The molecule has 0 aliphatic carbocycles. The van der Waals surface area contributed by atoms with Gasteiger partial charge in [0.25, 0.3) is 5.91 Å². The summed E-state index contributed by atoms with van der Waals surface area (Å²) in [5, 5.41) is 3.42. The van der Waals surface area contributed by atoms with E-state index in [1.54, 1.807) is 0 Å². The predicted molar refractivity (Wildman–Crippen MR) is 88.9 cm³/mol. The van der Waals surface area contributed by atoms with E-state index in [0.29, 0.717) is 12.5 Å². The summed E-state index contributed by atoms with van der Waals surface area (Å²) in [4.78, 5) is 14.7. The lowest BCUT2D eigenvalue weighted by Gasteiger charge is -2.34. The zero-order chi connectivity index (χ0) is 15.4. The summed E-state index contributed by atoms with van der Waals surface area (Å²) in [6.45, 7) is 5.42. The SMILES string of the molecule is CCNCC1CN(Cc2ccccc2)C(=O)c2ccccc21. The third kappa shape index (κ3) is 3.04. The summed E-state index contributed by atoms with van der Waals surface area (Å²) in [5.74, 6) is 0.504. The first-order valence-corrected chi connectivity index (χ1v) is 7.92. The summed E-state index contributed by atoms with van der Waals surface area (Å²) < 4.78 is 0. The molecule has 1 atom stereocenters. The number of fused-ring (bicyclic) bond motifs is 1. The van der Waals surface area contributed by atoms with Gasteiger partial charge in [-0.1, -0.05) is 55.5 Å². The lowest BCUT2D eigenvalue weighted by atomic mass is 9.89. The van der Waals surface area contributed by atoms with Gasteiger partial charge in [0.15, 0.2) is 0 Å². The zero-order valence-corrected chi connectivity index (χ0v) is 13.0. The number of benzene rings is 2. The minimum atomic E-state index is 0.146. The molecule has 3 nitrogen and oxygen atoms in total. The number of rotatable bonds is 5. The van der Waals surface area contributed by atoms with Crippen molar-refractivity contribution in [3.63, 3.8) is 0 Å². The van der Waals surface area contributed by atoms with Gasteiger partial charge >= 0.3 is 0 Å². The molecule has 0 radical (unpaired) electrons. The number of nitrogens with zero attached hydrogens (tertiary/aromatic N) is 1. The Morgan fingerprint density at radius 2 is 1.82 bits per heavy atom. The Hall–Kier alpha value is -2.13. The lowest BCUT2D eigenvalue weighted by molar-refractivity contribution is 0.0707. The standard InChI is InChI=1S/C19H22N2O/c1-2-20-12-16-14-21(13-15-8-4-3-5-9-15)19(22)18-11-7-6-10-17(16)18/h3-11,16,20H,2,12-14H2,1H3. The van der Waals surface area contributed by atoms with E-state index >= 15 is 0 Å². The van der Waals surface area contributed by atoms with Crippen LogP contribution in [-0.4, -0.2) is 30.4 Å². The fourth-order valence-corrected chi connectivity index (χ4v) is 3.10. The Balaban J connectivity index is 1.86. The molecule has 0 fully saturated rings. The molecule has 114 valence electrons. The van der Waals surface area contributed by atoms with Crippen molar-refractivity contribution in [2.75, 3.05) is 19.6 Å². The van der Waals surface area contributed by atoms with E-state index in [1.165, 1.54) is 11.1 Å². The topological polar surface area (TPSA) is 32.3 Å². The maximum absolute atomic E-state index is 12.7. The molecule has 1 N–H and O–H groups in total. The molecule has 0 aromatic heterocycles. The summed E-state index contributed by atoms with van der Waals surface area (Å²) >= 11 is 0. The van der Waals surface area contributed by atoms with Gasteiger partial charge in [-0.3, -0.25) is 4.79 Å². The largest absolute Gasteiger partial charge is 0.334 e. The first-order chi connectivity index (χ1) is 10.8. The van der Waals surface area contributed by atoms with E-state index in [4.69, 9.17) is 0 Å². The van der Waals surface area contributed by atoms with Crippen molar-refractivity contribution in [3.8, 4) is 0 Å². The van der Waals surface area contributed by atoms with Crippen LogP contribution < -0.4 is 5.32 Å². The van der Waals surface area contributed by atoms with Crippen LogP contribution in [0.2, 0.25) is 0 Å². The first-order valence-electron chi connectivity index (χ1n) is 7.92. The van der Waals surface area contributed by atoms with Crippen LogP contribution in [0.1, 0.15) is 34.3 Å². The summed E-state index contributed by atoms with van der Waals surface area (Å²) in [6, 6.07) is 18.2. The molecule has 1 aliphatic heterocycles. The van der Waals surface area contributed by atoms with E-state index in [1.807, 2.05) is 41.3 Å². The van der Waals surface area contributed by atoms with E-state index < -0.39 is 0 Å². The van der Waals surface area contributed by atoms with E-state index in [2.05, 4.69) is 30.4 Å². The molecular formula is C19H22N2O. The van der Waals surface area contributed by atoms with Crippen molar-refractivity contribution in [2.45, 2.75) is 19.4 Å². The van der Waals surface area contributed by atoms with Gasteiger partial charge in [-0.25, -0.2) is 0 Å². The van der Waals surface area contributed by atoms with E-state index in [0.717, 1.165) is 25.2 Å². The molecule has 1 amide bonds. The summed E-state index contributed by atoms with van der Waals surface area (Å²) in [6.07, 6.45) is 0. The number of carbonyl (C=O) groups excluding carboxylic acids is 1. The van der Waals surface area contributed by atoms with Crippen molar-refractivity contribution >= 4 is 5.91 Å². The molecule has 0 spiro atoms. The Labute approximate surface area is 132 Å². The van der Waals surface area contributed by atoms with Crippen LogP contribution in [0.5, 0.6) is 0 Å². The van der Waals surface area contributed by atoms with Gasteiger partial charge in [-0.05, 0) is 23.7 Å². The van der Waals surface area contributed by atoms with Gasteiger partial charge in [-0.2, -0.15) is 0 Å². The quantitative estimate of drug-likeness (QED) is 0.919. The molecule has 0 bridgehead atoms. The van der Waals surface area contributed by atoms with Crippen molar-refractivity contribution < 1.29 is 4.79 Å². The average molecular weight is 294 g/mol. The highest BCUT2D eigenvalue weighted by Gasteiger charge is 2.30. The number of nitrogens with one attached hydrogen (secondary N) is 1. The molecule has 0 saturated heterocycles. The minimum Gasteiger partial charge on any atom is -0.334 e. The molecule has 1 heterocycles. The monoisotopic (exact) mass is 294 g/mol. The zero-order valence-electron chi connectivity index (χ0n) is 13.0. The fraction of sp³-hybridized carbons (Fsp3) is 0.316. The second kappa shape index (κ2) is 6.75. The van der Waals surface area contributed by atoms with Gasteiger partial charge in [0.1, 0.15) is 0 Å². The summed E-state index contributed by atoms with van der Waals surface area (Å²) in [7, 11) is 0. The van der Waals surface area contributed by atoms with Crippen LogP contribution in [0.3, 0.4) is 0 Å². The second-order valence-corrected chi connectivity index (χ2v) is 5.76. The van der Waals surface area contributed by atoms with Gasteiger partial charge in [0.2, 0.25) is 0 Å². The van der Waals surface area contributed by atoms with Crippen LogP contribution in [-0.2, 0) is 6.54 Å². The van der Waals surface area contributed by atoms with E-state index in [-0.39, 0.29) is 5.91 Å². The number of amides is 1.